The van der Waals surface area contributed by atoms with E-state index in [9.17, 15) is 10.1 Å². The number of hydrogen-bond donors (Lipinski definition) is 0. The second-order valence-corrected chi connectivity index (χ2v) is 5.53. The molecule has 0 aliphatic heterocycles. The second-order valence-electron chi connectivity index (χ2n) is 5.53. The van der Waals surface area contributed by atoms with Crippen molar-refractivity contribution in [3.8, 4) is 5.75 Å². The van der Waals surface area contributed by atoms with Gasteiger partial charge in [0.15, 0.2) is 0 Å². The Bertz CT molecular complexity index is 875. The molecule has 0 fully saturated rings. The molecule has 0 aliphatic rings. The first kappa shape index (κ1) is 15.8. The zero-order chi connectivity index (χ0) is 17.1. The Morgan fingerprint density at radius 1 is 1.29 bits per heavy atom. The molecular formula is C17H18N4O3. The molecule has 0 spiro atoms. The van der Waals surface area contributed by atoms with Gasteiger partial charge in [-0.3, -0.25) is 0 Å². The van der Waals surface area contributed by atoms with Gasteiger partial charge in [0.05, 0.1) is 12.7 Å². The number of rotatable bonds is 6. The summed E-state index contributed by atoms with van der Waals surface area (Å²) in [5.41, 5.74) is 1.67. The number of nitrogens with zero attached hydrogens (tertiary/aromatic N) is 4. The molecule has 2 heterocycles. The Morgan fingerprint density at radius 2 is 2.12 bits per heavy atom. The molecule has 124 valence electrons. The Hall–Kier alpha value is -3.09. The highest BCUT2D eigenvalue weighted by Crippen LogP contribution is 2.27. The van der Waals surface area contributed by atoms with Crippen LogP contribution in [0.5, 0.6) is 5.75 Å². The van der Waals surface area contributed by atoms with E-state index in [0.717, 1.165) is 11.3 Å². The number of likely N-dealkylation sites (N-methyl/N-ethyl adjacent to an activating group) is 1. The Balaban J connectivity index is 1.75. The fourth-order valence-corrected chi connectivity index (χ4v) is 2.51. The van der Waals surface area contributed by atoms with Gasteiger partial charge in [-0.1, -0.05) is 18.2 Å². The molecule has 3 aromatic rings. The zero-order valence-corrected chi connectivity index (χ0v) is 13.5. The topological polar surface area (TPSA) is 72.9 Å². The van der Waals surface area contributed by atoms with Crippen molar-refractivity contribution >= 4 is 17.3 Å². The summed E-state index contributed by atoms with van der Waals surface area (Å²) >= 11 is 0. The fraction of sp³-hybridized carbons (Fsp3) is 0.235. The number of imidazole rings is 1. The molecule has 24 heavy (non-hydrogen) atoms. The lowest BCUT2D eigenvalue weighted by Crippen LogP contribution is -2.24. The zero-order valence-electron chi connectivity index (χ0n) is 13.5. The fourth-order valence-electron chi connectivity index (χ4n) is 2.51. The predicted molar refractivity (Wildman–Crippen MR) is 91.8 cm³/mol. The van der Waals surface area contributed by atoms with Gasteiger partial charge in [0.25, 0.3) is 0 Å². The molecule has 3 rings (SSSR count). The molecule has 0 aliphatic carbocycles. The van der Waals surface area contributed by atoms with Crippen LogP contribution >= 0.6 is 0 Å². The van der Waals surface area contributed by atoms with Gasteiger partial charge in [-0.25, -0.2) is 0 Å². The SMILES string of the molecule is Cc1cccc(OCCN(C)c2nc3ccccn3c2[N+](=O)[O-])c1. The van der Waals surface area contributed by atoms with Gasteiger partial charge < -0.3 is 19.8 Å². The highest BCUT2D eigenvalue weighted by atomic mass is 16.6. The summed E-state index contributed by atoms with van der Waals surface area (Å²) in [6.07, 6.45) is 1.64. The first-order valence-corrected chi connectivity index (χ1v) is 7.58. The monoisotopic (exact) mass is 326 g/mol. The smallest absolute Gasteiger partial charge is 0.372 e. The van der Waals surface area contributed by atoms with E-state index in [1.165, 1.54) is 4.40 Å². The molecule has 1 aromatic carbocycles. The Kier molecular flexibility index (Phi) is 4.33. The molecule has 0 saturated carbocycles. The number of fused-ring (bicyclic) bond motifs is 1. The second kappa shape index (κ2) is 6.57. The van der Waals surface area contributed by atoms with E-state index in [1.807, 2.05) is 31.2 Å². The van der Waals surface area contributed by atoms with Crippen molar-refractivity contribution in [2.75, 3.05) is 25.1 Å². The lowest BCUT2D eigenvalue weighted by atomic mass is 10.2. The third kappa shape index (κ3) is 3.15. The molecule has 0 radical (unpaired) electrons. The molecule has 0 N–H and O–H groups in total. The molecule has 0 unspecified atom stereocenters. The maximum Gasteiger partial charge on any atom is 0.372 e. The number of aryl methyl sites for hydroxylation is 1. The van der Waals surface area contributed by atoms with Crippen molar-refractivity contribution in [1.82, 2.24) is 9.38 Å². The van der Waals surface area contributed by atoms with Crippen molar-refractivity contribution in [3.05, 3.63) is 64.3 Å². The van der Waals surface area contributed by atoms with Crippen LogP contribution in [-0.2, 0) is 0 Å². The van der Waals surface area contributed by atoms with Crippen molar-refractivity contribution in [1.29, 1.82) is 0 Å². The third-order valence-electron chi connectivity index (χ3n) is 3.71. The molecule has 7 nitrogen and oxygen atoms in total. The van der Waals surface area contributed by atoms with Gasteiger partial charge in [0, 0.05) is 13.1 Å². The normalized spacial score (nSPS) is 10.8. The van der Waals surface area contributed by atoms with Crippen LogP contribution in [-0.4, -0.2) is 34.5 Å². The molecule has 7 heteroatoms. The maximum atomic E-state index is 11.4. The highest BCUT2D eigenvalue weighted by Gasteiger charge is 2.24. The van der Waals surface area contributed by atoms with E-state index in [0.29, 0.717) is 24.6 Å². The van der Waals surface area contributed by atoms with Crippen LogP contribution in [0.25, 0.3) is 5.65 Å². The summed E-state index contributed by atoms with van der Waals surface area (Å²) in [7, 11) is 1.77. The molecule has 0 amide bonds. The number of aromatic nitrogens is 2. The van der Waals surface area contributed by atoms with Crippen LogP contribution < -0.4 is 9.64 Å². The highest BCUT2D eigenvalue weighted by molar-refractivity contribution is 5.63. The van der Waals surface area contributed by atoms with E-state index in [2.05, 4.69) is 4.98 Å². The van der Waals surface area contributed by atoms with Gasteiger partial charge >= 0.3 is 5.82 Å². The molecular weight excluding hydrogens is 308 g/mol. The van der Waals surface area contributed by atoms with E-state index in [-0.39, 0.29) is 5.82 Å². The van der Waals surface area contributed by atoms with Gasteiger partial charge in [-0.05, 0) is 35.6 Å². The molecule has 2 aromatic heterocycles. The molecule has 0 bridgehead atoms. The number of anilines is 1. The Morgan fingerprint density at radius 3 is 2.88 bits per heavy atom. The van der Waals surface area contributed by atoms with Crippen LogP contribution in [0.15, 0.2) is 48.7 Å². The minimum atomic E-state index is -0.409. The van der Waals surface area contributed by atoms with Crippen molar-refractivity contribution in [3.63, 3.8) is 0 Å². The van der Waals surface area contributed by atoms with Crippen LogP contribution in [0.2, 0.25) is 0 Å². The van der Waals surface area contributed by atoms with E-state index in [4.69, 9.17) is 4.74 Å². The third-order valence-corrected chi connectivity index (χ3v) is 3.71. The van der Waals surface area contributed by atoms with Gasteiger partial charge in [0.2, 0.25) is 11.5 Å². The van der Waals surface area contributed by atoms with Crippen LogP contribution in [0, 0.1) is 17.0 Å². The van der Waals surface area contributed by atoms with E-state index < -0.39 is 4.92 Å². The minimum Gasteiger partial charge on any atom is -0.492 e. The standard InChI is InChI=1S/C17H18N4O3/c1-13-6-5-7-14(12-13)24-11-10-19(2)16-17(21(22)23)20-9-4-3-8-15(20)18-16/h3-9,12H,10-11H2,1-2H3. The van der Waals surface area contributed by atoms with Crippen molar-refractivity contribution in [2.45, 2.75) is 6.92 Å². The summed E-state index contributed by atoms with van der Waals surface area (Å²) in [5.74, 6) is 1.08. The first-order chi connectivity index (χ1) is 11.6. The van der Waals surface area contributed by atoms with Crippen LogP contribution in [0.1, 0.15) is 5.56 Å². The average molecular weight is 326 g/mol. The summed E-state index contributed by atoms with van der Waals surface area (Å²) in [6.45, 7) is 2.89. The van der Waals surface area contributed by atoms with Crippen LogP contribution in [0.4, 0.5) is 11.6 Å². The number of ether oxygens (including phenoxy) is 1. The lowest BCUT2D eigenvalue weighted by Gasteiger charge is -2.16. The number of pyridine rings is 1. The van der Waals surface area contributed by atoms with E-state index in [1.54, 1.807) is 36.3 Å². The van der Waals surface area contributed by atoms with Gasteiger partial charge in [0.1, 0.15) is 12.4 Å². The van der Waals surface area contributed by atoms with Gasteiger partial charge in [-0.15, -0.1) is 0 Å². The summed E-state index contributed by atoms with van der Waals surface area (Å²) < 4.78 is 7.19. The molecule has 0 saturated heterocycles. The lowest BCUT2D eigenvalue weighted by molar-refractivity contribution is -0.389. The minimum absolute atomic E-state index is 0.0383. The number of benzene rings is 1. The van der Waals surface area contributed by atoms with Gasteiger partial charge in [-0.2, -0.15) is 9.38 Å². The van der Waals surface area contributed by atoms with E-state index >= 15 is 0 Å². The Labute approximate surface area is 139 Å². The van der Waals surface area contributed by atoms with Crippen molar-refractivity contribution in [2.24, 2.45) is 0 Å². The summed E-state index contributed by atoms with van der Waals surface area (Å²) in [5, 5.41) is 11.4. The summed E-state index contributed by atoms with van der Waals surface area (Å²) in [6, 6.07) is 13.1. The summed E-state index contributed by atoms with van der Waals surface area (Å²) in [4.78, 5) is 17.1. The number of nitro groups is 1. The average Bonchev–Trinajstić information content (AvgIpc) is 2.94. The first-order valence-electron chi connectivity index (χ1n) is 7.58. The van der Waals surface area contributed by atoms with Crippen LogP contribution in [0.3, 0.4) is 0 Å². The number of hydrogen-bond acceptors (Lipinski definition) is 5. The quantitative estimate of drug-likeness (QED) is 0.514. The predicted octanol–water partition coefficient (Wildman–Crippen LogP) is 3.07. The maximum absolute atomic E-state index is 11.4. The largest absolute Gasteiger partial charge is 0.492 e. The molecule has 0 atom stereocenters. The van der Waals surface area contributed by atoms with Crippen molar-refractivity contribution < 1.29 is 9.66 Å².